The summed E-state index contributed by atoms with van der Waals surface area (Å²) in [6.45, 7) is 4.04. The van der Waals surface area contributed by atoms with E-state index in [1.54, 1.807) is 23.4 Å². The van der Waals surface area contributed by atoms with E-state index in [4.69, 9.17) is 0 Å². The van der Waals surface area contributed by atoms with Gasteiger partial charge in [-0.2, -0.15) is 0 Å². The van der Waals surface area contributed by atoms with Gasteiger partial charge in [0, 0.05) is 17.6 Å². The number of para-hydroxylation sites is 1. The van der Waals surface area contributed by atoms with Crippen LogP contribution in [0.5, 0.6) is 0 Å². The number of nitrogens with zero attached hydrogens (tertiary/aromatic N) is 3. The number of aromatic nitrogens is 3. The number of hydrogen-bond donors (Lipinski definition) is 2. The summed E-state index contributed by atoms with van der Waals surface area (Å²) >= 11 is 2.86. The van der Waals surface area contributed by atoms with Gasteiger partial charge in [0.25, 0.3) is 0 Å². The van der Waals surface area contributed by atoms with Gasteiger partial charge in [0.15, 0.2) is 5.16 Å². The monoisotopic (exact) mass is 455 g/mol. The molecule has 2 N–H and O–H groups in total. The van der Waals surface area contributed by atoms with E-state index in [-0.39, 0.29) is 24.0 Å². The fourth-order valence-electron chi connectivity index (χ4n) is 2.86. The molecular weight excluding hydrogens is 430 g/mol. The van der Waals surface area contributed by atoms with Crippen LogP contribution in [0.4, 0.5) is 11.4 Å². The zero-order valence-electron chi connectivity index (χ0n) is 17.9. The van der Waals surface area contributed by atoms with Crippen LogP contribution in [0.3, 0.4) is 0 Å². The van der Waals surface area contributed by atoms with Crippen molar-refractivity contribution < 1.29 is 9.59 Å². The molecule has 1 heterocycles. The van der Waals surface area contributed by atoms with Gasteiger partial charge in [-0.15, -0.1) is 22.0 Å². The number of nitrogens with one attached hydrogen (secondary N) is 2. The lowest BCUT2D eigenvalue weighted by Gasteiger charge is -2.09. The highest BCUT2D eigenvalue weighted by Gasteiger charge is 2.15. The summed E-state index contributed by atoms with van der Waals surface area (Å²) < 4.78 is 1.74. The second-order valence-corrected chi connectivity index (χ2v) is 8.81. The van der Waals surface area contributed by atoms with E-state index >= 15 is 0 Å². The molecule has 2 aromatic carbocycles. The minimum atomic E-state index is -0.165. The summed E-state index contributed by atoms with van der Waals surface area (Å²) in [6, 6.07) is 13.5. The lowest BCUT2D eigenvalue weighted by atomic mass is 10.1. The van der Waals surface area contributed by atoms with E-state index in [0.717, 1.165) is 21.8 Å². The average Bonchev–Trinajstić information content (AvgIpc) is 3.09. The summed E-state index contributed by atoms with van der Waals surface area (Å²) in [5, 5.41) is 14.6. The Bertz CT molecular complexity index is 1100. The van der Waals surface area contributed by atoms with Crippen LogP contribution >= 0.6 is 23.5 Å². The predicted molar refractivity (Wildman–Crippen MR) is 127 cm³/mol. The molecule has 31 heavy (non-hydrogen) atoms. The van der Waals surface area contributed by atoms with Crippen LogP contribution in [-0.4, -0.2) is 38.6 Å². The highest BCUT2D eigenvalue weighted by molar-refractivity contribution is 7.99. The first-order valence-corrected chi connectivity index (χ1v) is 11.9. The molecule has 0 aliphatic carbocycles. The molecule has 7 nitrogen and oxygen atoms in total. The first-order valence-electron chi connectivity index (χ1n) is 9.68. The van der Waals surface area contributed by atoms with Crippen LogP contribution in [0.2, 0.25) is 0 Å². The fraction of sp³-hybridized carbons (Fsp3) is 0.273. The Morgan fingerprint density at radius 1 is 1.00 bits per heavy atom. The molecular formula is C22H25N5O2S2. The normalized spacial score (nSPS) is 10.7. The Kier molecular flexibility index (Phi) is 7.75. The average molecular weight is 456 g/mol. The van der Waals surface area contributed by atoms with Gasteiger partial charge in [-0.05, 0) is 55.5 Å². The molecule has 0 unspecified atom stereocenters. The number of thioether (sulfide) groups is 2. The summed E-state index contributed by atoms with van der Waals surface area (Å²) in [5.41, 5.74) is 3.84. The first kappa shape index (κ1) is 22.9. The predicted octanol–water partition coefficient (Wildman–Crippen LogP) is 4.07. The smallest absolute Gasteiger partial charge is 0.234 e. The molecule has 0 radical (unpaired) electrons. The van der Waals surface area contributed by atoms with Crippen molar-refractivity contribution in [2.45, 2.75) is 30.3 Å². The van der Waals surface area contributed by atoms with Gasteiger partial charge in [-0.3, -0.25) is 9.59 Å². The molecule has 0 spiro atoms. The Balaban J connectivity index is 1.55. The van der Waals surface area contributed by atoms with Crippen LogP contribution in [0.1, 0.15) is 17.0 Å². The van der Waals surface area contributed by atoms with E-state index in [2.05, 4.69) is 20.8 Å². The lowest BCUT2D eigenvalue weighted by Crippen LogP contribution is -2.17. The highest BCUT2D eigenvalue weighted by Crippen LogP contribution is 2.25. The van der Waals surface area contributed by atoms with Crippen molar-refractivity contribution >= 4 is 46.7 Å². The number of rotatable bonds is 8. The maximum atomic E-state index is 12.4. The van der Waals surface area contributed by atoms with Gasteiger partial charge in [-0.25, -0.2) is 0 Å². The highest BCUT2D eigenvalue weighted by atomic mass is 32.2. The van der Waals surface area contributed by atoms with Crippen molar-refractivity contribution in [3.05, 3.63) is 59.4 Å². The molecule has 0 atom stereocenters. The van der Waals surface area contributed by atoms with Crippen molar-refractivity contribution in [2.24, 2.45) is 7.05 Å². The fourth-order valence-corrected chi connectivity index (χ4v) is 4.14. The van der Waals surface area contributed by atoms with E-state index < -0.39 is 0 Å². The standard InChI is InChI=1S/C22H25N5O2S2/c1-14-9-10-16(11-15(14)2)23-20(28)12-19-25-26-22(27(19)3)31-13-21(29)24-17-7-5-6-8-18(17)30-4/h5-11H,12-13H2,1-4H3,(H,23,28)(H,24,29). The van der Waals surface area contributed by atoms with E-state index in [0.29, 0.717) is 11.0 Å². The second kappa shape index (κ2) is 10.5. The van der Waals surface area contributed by atoms with Gasteiger partial charge < -0.3 is 15.2 Å². The molecule has 2 amide bonds. The number of benzene rings is 2. The zero-order chi connectivity index (χ0) is 22.4. The third-order valence-corrected chi connectivity index (χ3v) is 6.56. The SMILES string of the molecule is CSc1ccccc1NC(=O)CSc1nnc(CC(=O)Nc2ccc(C)c(C)c2)n1C. The number of amides is 2. The Morgan fingerprint density at radius 3 is 2.52 bits per heavy atom. The van der Waals surface area contributed by atoms with Crippen LogP contribution < -0.4 is 10.6 Å². The Hall–Kier alpha value is -2.78. The molecule has 0 fully saturated rings. The topological polar surface area (TPSA) is 88.9 Å². The van der Waals surface area contributed by atoms with Gasteiger partial charge in [0.05, 0.1) is 17.9 Å². The van der Waals surface area contributed by atoms with Gasteiger partial charge in [0.1, 0.15) is 5.82 Å². The van der Waals surface area contributed by atoms with Crippen molar-refractivity contribution in [3.8, 4) is 0 Å². The lowest BCUT2D eigenvalue weighted by molar-refractivity contribution is -0.116. The van der Waals surface area contributed by atoms with Crippen LogP contribution in [-0.2, 0) is 23.1 Å². The third kappa shape index (κ3) is 6.11. The molecule has 1 aromatic heterocycles. The second-order valence-electron chi connectivity index (χ2n) is 7.02. The van der Waals surface area contributed by atoms with Crippen LogP contribution in [0.25, 0.3) is 0 Å². The van der Waals surface area contributed by atoms with E-state index in [1.807, 2.05) is 62.6 Å². The maximum absolute atomic E-state index is 12.4. The van der Waals surface area contributed by atoms with Crippen LogP contribution in [0.15, 0.2) is 52.5 Å². The largest absolute Gasteiger partial charge is 0.326 e. The Labute approximate surface area is 190 Å². The molecule has 0 saturated carbocycles. The molecule has 0 aliphatic heterocycles. The van der Waals surface area contributed by atoms with E-state index in [9.17, 15) is 9.59 Å². The summed E-state index contributed by atoms with van der Waals surface area (Å²) in [6.07, 6.45) is 2.07. The minimum absolute atomic E-state index is 0.101. The summed E-state index contributed by atoms with van der Waals surface area (Å²) in [4.78, 5) is 25.8. The van der Waals surface area contributed by atoms with Crippen LogP contribution in [0, 0.1) is 13.8 Å². The number of anilines is 2. The maximum Gasteiger partial charge on any atom is 0.234 e. The minimum Gasteiger partial charge on any atom is -0.326 e. The Morgan fingerprint density at radius 2 is 1.77 bits per heavy atom. The third-order valence-electron chi connectivity index (χ3n) is 4.75. The summed E-state index contributed by atoms with van der Waals surface area (Å²) in [7, 11) is 1.79. The molecule has 0 saturated heterocycles. The van der Waals surface area contributed by atoms with Crippen molar-refractivity contribution in [2.75, 3.05) is 22.6 Å². The number of carbonyl (C=O) groups excluding carboxylic acids is 2. The van der Waals surface area contributed by atoms with Crippen molar-refractivity contribution in [1.29, 1.82) is 0 Å². The molecule has 162 valence electrons. The quantitative estimate of drug-likeness (QED) is 0.498. The van der Waals surface area contributed by atoms with Gasteiger partial charge in [-0.1, -0.05) is 30.0 Å². The molecule has 3 rings (SSSR count). The summed E-state index contributed by atoms with van der Waals surface area (Å²) in [5.74, 6) is 0.450. The first-order chi connectivity index (χ1) is 14.9. The molecule has 0 bridgehead atoms. The molecule has 9 heteroatoms. The number of carbonyl (C=O) groups is 2. The molecule has 0 aliphatic rings. The number of hydrogen-bond acceptors (Lipinski definition) is 6. The molecule has 3 aromatic rings. The van der Waals surface area contributed by atoms with Gasteiger partial charge in [0.2, 0.25) is 11.8 Å². The van der Waals surface area contributed by atoms with Crippen molar-refractivity contribution in [1.82, 2.24) is 14.8 Å². The van der Waals surface area contributed by atoms with Crippen molar-refractivity contribution in [3.63, 3.8) is 0 Å². The van der Waals surface area contributed by atoms with Gasteiger partial charge >= 0.3 is 0 Å². The zero-order valence-corrected chi connectivity index (χ0v) is 19.6. The van der Waals surface area contributed by atoms with E-state index in [1.165, 1.54) is 17.3 Å². The number of aryl methyl sites for hydroxylation is 2.